The van der Waals surface area contributed by atoms with Gasteiger partial charge in [0.05, 0.1) is 17.7 Å². The largest absolute Gasteiger partial charge is 0.339 e. The molecule has 1 aliphatic heterocycles. The molecule has 2 aromatic rings. The van der Waals surface area contributed by atoms with E-state index in [1.807, 2.05) is 18.4 Å². The van der Waals surface area contributed by atoms with Gasteiger partial charge in [-0.1, -0.05) is 12.1 Å². The standard InChI is InChI=1S/C17H16N2O3S/c1-11-7-8-23-14(11)9-18(2)15(20)10-19-16(21)12-5-3-4-6-13(12)17(19)22/h3-8H,9-10H2,1-2H3. The van der Waals surface area contributed by atoms with E-state index in [4.69, 9.17) is 0 Å². The van der Waals surface area contributed by atoms with Gasteiger partial charge in [0.25, 0.3) is 11.8 Å². The highest BCUT2D eigenvalue weighted by Crippen LogP contribution is 2.22. The normalized spacial score (nSPS) is 13.4. The topological polar surface area (TPSA) is 57.7 Å². The van der Waals surface area contributed by atoms with Gasteiger partial charge in [0.2, 0.25) is 5.91 Å². The lowest BCUT2D eigenvalue weighted by Crippen LogP contribution is -2.40. The van der Waals surface area contributed by atoms with E-state index in [0.29, 0.717) is 17.7 Å². The molecule has 5 nitrogen and oxygen atoms in total. The summed E-state index contributed by atoms with van der Waals surface area (Å²) < 4.78 is 0. The SMILES string of the molecule is Cc1ccsc1CN(C)C(=O)CN1C(=O)c2ccccc2C1=O. The van der Waals surface area contributed by atoms with E-state index in [-0.39, 0.29) is 12.5 Å². The van der Waals surface area contributed by atoms with Crippen molar-refractivity contribution >= 4 is 29.1 Å². The summed E-state index contributed by atoms with van der Waals surface area (Å²) in [6, 6.07) is 8.64. The molecule has 118 valence electrons. The lowest BCUT2D eigenvalue weighted by atomic mass is 10.1. The zero-order chi connectivity index (χ0) is 16.6. The van der Waals surface area contributed by atoms with Gasteiger partial charge in [0.15, 0.2) is 0 Å². The van der Waals surface area contributed by atoms with Gasteiger partial charge in [-0.3, -0.25) is 19.3 Å². The van der Waals surface area contributed by atoms with Gasteiger partial charge in [-0.05, 0) is 36.1 Å². The van der Waals surface area contributed by atoms with Crippen molar-refractivity contribution < 1.29 is 14.4 Å². The average Bonchev–Trinajstić information content (AvgIpc) is 3.05. The maximum Gasteiger partial charge on any atom is 0.262 e. The van der Waals surface area contributed by atoms with Gasteiger partial charge in [-0.2, -0.15) is 0 Å². The number of aryl methyl sites for hydroxylation is 1. The van der Waals surface area contributed by atoms with Crippen LogP contribution in [0.5, 0.6) is 0 Å². The smallest absolute Gasteiger partial charge is 0.262 e. The first-order valence-electron chi connectivity index (χ1n) is 7.21. The molecule has 2 heterocycles. The Morgan fingerprint density at radius 1 is 1.13 bits per heavy atom. The van der Waals surface area contributed by atoms with Crippen molar-refractivity contribution in [3.8, 4) is 0 Å². The third-order valence-corrected chi connectivity index (χ3v) is 4.95. The molecule has 0 atom stereocenters. The number of rotatable bonds is 4. The number of carbonyl (C=O) groups excluding carboxylic acids is 3. The fourth-order valence-corrected chi connectivity index (χ4v) is 3.47. The molecule has 6 heteroatoms. The van der Waals surface area contributed by atoms with Crippen LogP contribution in [0.15, 0.2) is 35.7 Å². The van der Waals surface area contributed by atoms with E-state index < -0.39 is 11.8 Å². The van der Waals surface area contributed by atoms with Gasteiger partial charge in [0.1, 0.15) is 6.54 Å². The number of thiophene rings is 1. The molecule has 0 saturated carbocycles. The molecular weight excluding hydrogens is 312 g/mol. The van der Waals surface area contributed by atoms with E-state index in [2.05, 4.69) is 0 Å². The van der Waals surface area contributed by atoms with Gasteiger partial charge >= 0.3 is 0 Å². The zero-order valence-electron chi connectivity index (χ0n) is 12.9. The van der Waals surface area contributed by atoms with Crippen molar-refractivity contribution in [3.05, 3.63) is 57.3 Å². The molecule has 0 unspecified atom stereocenters. The third-order valence-electron chi connectivity index (χ3n) is 3.95. The predicted octanol–water partition coefficient (Wildman–Crippen LogP) is 2.31. The van der Waals surface area contributed by atoms with Crippen LogP contribution < -0.4 is 0 Å². The first-order valence-corrected chi connectivity index (χ1v) is 8.09. The summed E-state index contributed by atoms with van der Waals surface area (Å²) in [6.45, 7) is 2.24. The number of hydrogen-bond acceptors (Lipinski definition) is 4. The number of hydrogen-bond donors (Lipinski definition) is 0. The van der Waals surface area contributed by atoms with E-state index in [1.165, 1.54) is 0 Å². The summed E-state index contributed by atoms with van der Waals surface area (Å²) in [5, 5.41) is 1.98. The Balaban J connectivity index is 1.70. The Bertz CT molecular complexity index is 762. The van der Waals surface area contributed by atoms with Crippen LogP contribution in [0.1, 0.15) is 31.2 Å². The first kappa shape index (κ1) is 15.4. The second kappa shape index (κ2) is 5.96. The summed E-state index contributed by atoms with van der Waals surface area (Å²) in [7, 11) is 1.68. The second-order valence-corrected chi connectivity index (χ2v) is 6.52. The van der Waals surface area contributed by atoms with Crippen molar-refractivity contribution in [3.63, 3.8) is 0 Å². The average molecular weight is 328 g/mol. The summed E-state index contributed by atoms with van der Waals surface area (Å²) in [5.74, 6) is -1.06. The van der Waals surface area contributed by atoms with Crippen LogP contribution in [0, 0.1) is 6.92 Å². The molecule has 0 bridgehead atoms. The number of imide groups is 1. The first-order chi connectivity index (χ1) is 11.0. The highest BCUT2D eigenvalue weighted by atomic mass is 32.1. The molecule has 1 aliphatic rings. The maximum atomic E-state index is 12.4. The number of carbonyl (C=O) groups is 3. The number of nitrogens with zero attached hydrogens (tertiary/aromatic N) is 2. The molecule has 0 aliphatic carbocycles. The Hall–Kier alpha value is -2.47. The van der Waals surface area contributed by atoms with Gasteiger partial charge in [-0.15, -0.1) is 11.3 Å². The minimum absolute atomic E-state index is 0.229. The Morgan fingerprint density at radius 3 is 2.26 bits per heavy atom. The summed E-state index contributed by atoms with van der Waals surface area (Å²) in [6.07, 6.45) is 0. The lowest BCUT2D eigenvalue weighted by Gasteiger charge is -2.20. The van der Waals surface area contributed by atoms with E-state index in [1.54, 1.807) is 47.5 Å². The molecular formula is C17H16N2O3S. The van der Waals surface area contributed by atoms with Crippen LogP contribution in [0.2, 0.25) is 0 Å². The number of likely N-dealkylation sites (N-methyl/N-ethyl adjacent to an activating group) is 1. The molecule has 0 saturated heterocycles. The van der Waals surface area contributed by atoms with Crippen LogP contribution in [-0.4, -0.2) is 41.1 Å². The molecule has 0 radical (unpaired) electrons. The zero-order valence-corrected chi connectivity index (χ0v) is 13.7. The van der Waals surface area contributed by atoms with Crippen LogP contribution in [0.4, 0.5) is 0 Å². The molecule has 1 aromatic carbocycles. The van der Waals surface area contributed by atoms with E-state index in [0.717, 1.165) is 15.3 Å². The molecule has 3 rings (SSSR count). The van der Waals surface area contributed by atoms with E-state index >= 15 is 0 Å². The van der Waals surface area contributed by atoms with Crippen LogP contribution >= 0.6 is 11.3 Å². The Morgan fingerprint density at radius 2 is 1.74 bits per heavy atom. The highest BCUT2D eigenvalue weighted by Gasteiger charge is 2.36. The number of amides is 3. The van der Waals surface area contributed by atoms with Gasteiger partial charge in [-0.25, -0.2) is 0 Å². The quantitative estimate of drug-likeness (QED) is 0.809. The second-order valence-electron chi connectivity index (χ2n) is 5.52. The fourth-order valence-electron chi connectivity index (χ4n) is 2.51. The monoisotopic (exact) mass is 328 g/mol. The van der Waals surface area contributed by atoms with Crippen LogP contribution in [-0.2, 0) is 11.3 Å². The molecule has 0 fully saturated rings. The van der Waals surface area contributed by atoms with Crippen molar-refractivity contribution in [2.45, 2.75) is 13.5 Å². The highest BCUT2D eigenvalue weighted by molar-refractivity contribution is 7.10. The molecule has 23 heavy (non-hydrogen) atoms. The van der Waals surface area contributed by atoms with E-state index in [9.17, 15) is 14.4 Å². The van der Waals surface area contributed by atoms with Crippen molar-refractivity contribution in [1.82, 2.24) is 9.80 Å². The summed E-state index contributed by atoms with van der Waals surface area (Å²) in [4.78, 5) is 40.6. The third kappa shape index (κ3) is 2.77. The lowest BCUT2D eigenvalue weighted by molar-refractivity contribution is -0.130. The molecule has 0 spiro atoms. The van der Waals surface area contributed by atoms with Crippen molar-refractivity contribution in [2.75, 3.05) is 13.6 Å². The predicted molar refractivity (Wildman–Crippen MR) is 87.3 cm³/mol. The minimum Gasteiger partial charge on any atom is -0.339 e. The molecule has 1 aromatic heterocycles. The summed E-state index contributed by atoms with van der Waals surface area (Å²) in [5.41, 5.74) is 1.86. The number of fused-ring (bicyclic) bond motifs is 1. The van der Waals surface area contributed by atoms with Crippen molar-refractivity contribution in [1.29, 1.82) is 0 Å². The Kier molecular flexibility index (Phi) is 4.00. The maximum absolute atomic E-state index is 12.4. The summed E-state index contributed by atoms with van der Waals surface area (Å²) >= 11 is 1.59. The number of benzene rings is 1. The Labute approximate surface area is 138 Å². The van der Waals surface area contributed by atoms with Gasteiger partial charge < -0.3 is 4.90 Å². The van der Waals surface area contributed by atoms with Gasteiger partial charge in [0, 0.05) is 11.9 Å². The molecule has 3 amide bonds. The van der Waals surface area contributed by atoms with Crippen molar-refractivity contribution in [2.24, 2.45) is 0 Å². The van der Waals surface area contributed by atoms with Crippen LogP contribution in [0.3, 0.4) is 0 Å². The van der Waals surface area contributed by atoms with Crippen LogP contribution in [0.25, 0.3) is 0 Å². The fraction of sp³-hybridized carbons (Fsp3) is 0.235. The molecule has 0 N–H and O–H groups in total. The minimum atomic E-state index is -0.403.